The molecular weight excluding hydrogens is 609 g/mol. The van der Waals surface area contributed by atoms with Gasteiger partial charge in [0.15, 0.2) is 23.1 Å². The van der Waals surface area contributed by atoms with Crippen molar-refractivity contribution in [2.75, 3.05) is 45.4 Å². The molecule has 0 radical (unpaired) electrons. The first kappa shape index (κ1) is 33.2. The quantitative estimate of drug-likeness (QED) is 0.213. The van der Waals surface area contributed by atoms with Gasteiger partial charge in [-0.15, -0.1) is 17.0 Å². The number of ether oxygens (including phenoxy) is 3. The molecule has 11 heteroatoms. The Balaban J connectivity index is 0.00000484. The Kier molecular flexibility index (Phi) is 10.9. The Hall–Kier alpha value is -3.34. The number of fused-ring (bicyclic) bond motifs is 1. The lowest BCUT2D eigenvalue weighted by atomic mass is 9.84. The molecule has 42 heavy (non-hydrogen) atoms. The zero-order valence-electron chi connectivity index (χ0n) is 25.0. The molecule has 4 rings (SSSR count). The molecule has 0 unspecified atom stereocenters. The lowest BCUT2D eigenvalue weighted by Crippen LogP contribution is -2.31. The van der Waals surface area contributed by atoms with Crippen molar-refractivity contribution in [2.45, 2.75) is 64.8 Å². The zero-order valence-corrected chi connectivity index (χ0v) is 26.7. The first-order valence-electron chi connectivity index (χ1n) is 14.0. The number of rotatable bonds is 12. The van der Waals surface area contributed by atoms with Crippen LogP contribution in [-0.2, 0) is 16.8 Å². The number of carbonyl (C=O) groups is 2. The average Bonchev–Trinajstić information content (AvgIpc) is 3.56. The van der Waals surface area contributed by atoms with Gasteiger partial charge in [-0.1, -0.05) is 20.8 Å². The third-order valence-corrected chi connectivity index (χ3v) is 7.62. The van der Waals surface area contributed by atoms with E-state index in [0.717, 1.165) is 42.9 Å². The summed E-state index contributed by atoms with van der Waals surface area (Å²) < 4.78 is 32.0. The van der Waals surface area contributed by atoms with Crippen LogP contribution >= 0.6 is 17.0 Å². The molecule has 0 bridgehead atoms. The van der Waals surface area contributed by atoms with Gasteiger partial charge in [0.25, 0.3) is 0 Å². The second-order valence-electron chi connectivity index (χ2n) is 11.6. The number of nitrogens with zero attached hydrogens (tertiary/aromatic N) is 2. The summed E-state index contributed by atoms with van der Waals surface area (Å²) in [5.74, 6) is -0.825. The second-order valence-corrected chi connectivity index (χ2v) is 11.6. The number of nitrogens with one attached hydrogen (secondary N) is 1. The molecule has 0 spiro atoms. The number of halogens is 2. The summed E-state index contributed by atoms with van der Waals surface area (Å²) in [6, 6.07) is 5.39. The lowest BCUT2D eigenvalue weighted by molar-refractivity contribution is -0.137. The van der Waals surface area contributed by atoms with Gasteiger partial charge in [-0.05, 0) is 54.9 Å². The molecule has 2 aromatic carbocycles. The molecule has 2 aromatic rings. The number of carboxylic acid groups (broad SMARTS) is 1. The number of Topliss-reactive ketones (excluding diaryl/α,β-unsaturated/α-hetero) is 1. The molecular formula is C31H41BrFN3O6. The summed E-state index contributed by atoms with van der Waals surface area (Å²) in [6.45, 7) is 8.41. The summed E-state index contributed by atoms with van der Waals surface area (Å²) in [6.07, 6.45) is 3.32. The van der Waals surface area contributed by atoms with Gasteiger partial charge in [0, 0.05) is 37.2 Å². The first-order valence-corrected chi connectivity index (χ1v) is 14.0. The molecule has 0 saturated carbocycles. The number of carboxylic acids is 1. The molecule has 0 atom stereocenters. The van der Waals surface area contributed by atoms with Crippen molar-refractivity contribution in [3.05, 3.63) is 46.3 Å². The molecule has 2 N–H and O–H groups in total. The van der Waals surface area contributed by atoms with Crippen LogP contribution in [0.25, 0.3) is 0 Å². The number of ketones is 1. The number of aliphatic carboxylic acids is 1. The highest BCUT2D eigenvalue weighted by Crippen LogP contribution is 2.42. The molecule has 0 aliphatic carbocycles. The van der Waals surface area contributed by atoms with Gasteiger partial charge in [-0.25, -0.2) is 4.39 Å². The van der Waals surface area contributed by atoms with E-state index in [0.29, 0.717) is 30.6 Å². The fourth-order valence-electron chi connectivity index (χ4n) is 5.45. The number of amidine groups is 1. The number of hydrogen-bond acceptors (Lipinski definition) is 7. The summed E-state index contributed by atoms with van der Waals surface area (Å²) >= 11 is 0. The van der Waals surface area contributed by atoms with Crippen LogP contribution in [0, 0.1) is 11.2 Å². The smallest absolute Gasteiger partial charge is 0.303 e. The third kappa shape index (κ3) is 6.99. The van der Waals surface area contributed by atoms with Crippen LogP contribution in [0.5, 0.6) is 17.2 Å². The molecule has 0 amide bonds. The number of carbonyl (C=O) groups excluding carboxylic acids is 1. The second kappa shape index (κ2) is 13.8. The molecule has 1 saturated heterocycles. The minimum atomic E-state index is -0.823. The van der Waals surface area contributed by atoms with E-state index in [9.17, 15) is 9.59 Å². The topological polar surface area (TPSA) is 112 Å². The first-order chi connectivity index (χ1) is 19.5. The van der Waals surface area contributed by atoms with Gasteiger partial charge < -0.3 is 29.1 Å². The summed E-state index contributed by atoms with van der Waals surface area (Å²) in [4.78, 5) is 28.5. The van der Waals surface area contributed by atoms with E-state index >= 15 is 4.39 Å². The number of hydrogen-bond donors (Lipinski definition) is 2. The molecule has 2 aliphatic rings. The summed E-state index contributed by atoms with van der Waals surface area (Å²) in [5, 5.41) is 17.6. The maximum atomic E-state index is 15.2. The van der Waals surface area contributed by atoms with Crippen molar-refractivity contribution in [2.24, 2.45) is 0 Å². The van der Waals surface area contributed by atoms with Crippen LogP contribution in [0.15, 0.2) is 18.2 Å². The van der Waals surface area contributed by atoms with Crippen molar-refractivity contribution in [1.29, 1.82) is 5.41 Å². The minimum Gasteiger partial charge on any atom is -0.493 e. The van der Waals surface area contributed by atoms with E-state index < -0.39 is 11.8 Å². The predicted molar refractivity (Wildman–Crippen MR) is 165 cm³/mol. The van der Waals surface area contributed by atoms with Crippen LogP contribution < -0.4 is 19.1 Å². The van der Waals surface area contributed by atoms with E-state index in [2.05, 4.69) is 25.7 Å². The van der Waals surface area contributed by atoms with Gasteiger partial charge in [0.05, 0.1) is 38.6 Å². The number of methoxy groups -OCH3 is 2. The zero-order chi connectivity index (χ0) is 29.9. The van der Waals surface area contributed by atoms with E-state index in [1.807, 2.05) is 12.1 Å². The van der Waals surface area contributed by atoms with E-state index in [1.54, 1.807) is 11.0 Å². The normalized spacial score (nSPS) is 14.5. The molecule has 2 heterocycles. The van der Waals surface area contributed by atoms with Gasteiger partial charge in [0.2, 0.25) is 0 Å². The van der Waals surface area contributed by atoms with Gasteiger partial charge in [-0.3, -0.25) is 15.0 Å². The Morgan fingerprint density at radius 1 is 1.05 bits per heavy atom. The van der Waals surface area contributed by atoms with Gasteiger partial charge in [0.1, 0.15) is 11.6 Å². The van der Waals surface area contributed by atoms with Crippen molar-refractivity contribution in [1.82, 2.24) is 4.90 Å². The molecule has 9 nitrogen and oxygen atoms in total. The fourth-order valence-corrected chi connectivity index (χ4v) is 5.45. The monoisotopic (exact) mass is 649 g/mol. The van der Waals surface area contributed by atoms with E-state index in [-0.39, 0.29) is 70.6 Å². The minimum absolute atomic E-state index is 0. The van der Waals surface area contributed by atoms with E-state index in [4.69, 9.17) is 24.7 Å². The molecule has 0 aromatic heterocycles. The summed E-state index contributed by atoms with van der Waals surface area (Å²) in [7, 11) is 2.78. The van der Waals surface area contributed by atoms with Crippen LogP contribution in [-0.4, -0.2) is 68.1 Å². The van der Waals surface area contributed by atoms with Crippen LogP contribution in [0.1, 0.15) is 79.9 Å². The SMILES string of the molecule is Br.COc1cc2c(c(F)c1OC)C(=N)N(CC(=O)c1cc(N3CCCC3)c(OCCCCC(=O)O)c(C(C)(C)C)c1)C2. The molecule has 2 aliphatic heterocycles. The average molecular weight is 651 g/mol. The van der Waals surface area contributed by atoms with Crippen LogP contribution in [0.2, 0.25) is 0 Å². The largest absolute Gasteiger partial charge is 0.493 e. The Bertz CT molecular complexity index is 1340. The maximum Gasteiger partial charge on any atom is 0.303 e. The third-order valence-electron chi connectivity index (χ3n) is 7.62. The highest BCUT2D eigenvalue weighted by Gasteiger charge is 2.34. The predicted octanol–water partition coefficient (Wildman–Crippen LogP) is 5.98. The number of unbranched alkanes of at least 4 members (excludes halogenated alkanes) is 1. The van der Waals surface area contributed by atoms with Crippen LogP contribution in [0.3, 0.4) is 0 Å². The number of benzene rings is 2. The van der Waals surface area contributed by atoms with Gasteiger partial charge >= 0.3 is 5.97 Å². The number of anilines is 1. The fraction of sp³-hybridized carbons (Fsp3) is 0.516. The standard InChI is InChI=1S/C31H40FN3O6.BrH/c1-31(2,3)21-14-19(15-22(34-11-7-8-12-34)28(21)41-13-9-6-10-25(37)38)23(36)18-35-17-20-16-24(39-4)29(40-5)27(32)26(20)30(35)33;/h14-16,33H,6-13,17-18H2,1-5H3,(H,37,38);1H. The van der Waals surface area contributed by atoms with Crippen molar-refractivity contribution >= 4 is 40.3 Å². The molecule has 230 valence electrons. The van der Waals surface area contributed by atoms with E-state index in [1.165, 1.54) is 14.2 Å². The molecule has 1 fully saturated rings. The lowest BCUT2D eigenvalue weighted by Gasteiger charge is -2.30. The Morgan fingerprint density at radius 2 is 1.74 bits per heavy atom. The Labute approximate surface area is 257 Å². The Morgan fingerprint density at radius 3 is 2.33 bits per heavy atom. The highest BCUT2D eigenvalue weighted by molar-refractivity contribution is 8.93. The van der Waals surface area contributed by atoms with Crippen molar-refractivity contribution < 1.29 is 33.3 Å². The maximum absolute atomic E-state index is 15.2. The highest BCUT2D eigenvalue weighted by atomic mass is 79.9. The van der Waals surface area contributed by atoms with Crippen LogP contribution in [0.4, 0.5) is 10.1 Å². The van der Waals surface area contributed by atoms with Crippen molar-refractivity contribution in [3.63, 3.8) is 0 Å². The summed E-state index contributed by atoms with van der Waals surface area (Å²) in [5.41, 5.74) is 2.61. The van der Waals surface area contributed by atoms with Gasteiger partial charge in [-0.2, -0.15) is 0 Å². The van der Waals surface area contributed by atoms with Crippen molar-refractivity contribution in [3.8, 4) is 17.2 Å².